The third kappa shape index (κ3) is 4.25. The molecule has 0 fully saturated rings. The van der Waals surface area contributed by atoms with Crippen LogP contribution in [0.2, 0.25) is 0 Å². The van der Waals surface area contributed by atoms with E-state index in [1.807, 2.05) is 35.0 Å². The molecule has 4 nitrogen and oxygen atoms in total. The fraction of sp³-hybridized carbons (Fsp3) is 0.333. The van der Waals surface area contributed by atoms with Gasteiger partial charge in [-0.1, -0.05) is 12.1 Å². The van der Waals surface area contributed by atoms with Crippen molar-refractivity contribution in [1.29, 1.82) is 0 Å². The van der Waals surface area contributed by atoms with Crippen molar-refractivity contribution in [3.63, 3.8) is 0 Å². The number of hydrogen-bond donors (Lipinski definition) is 0. The Morgan fingerprint density at radius 2 is 2.05 bits per heavy atom. The average molecular weight is 258 g/mol. The van der Waals surface area contributed by atoms with Gasteiger partial charge in [-0.15, -0.1) is 0 Å². The zero-order valence-corrected chi connectivity index (χ0v) is 11.1. The van der Waals surface area contributed by atoms with Crippen molar-refractivity contribution in [2.75, 3.05) is 7.11 Å². The Balaban J connectivity index is 1.73. The SMILES string of the molecule is COc1ccc(CCC(=O)CCn2ccnc2)cc1. The van der Waals surface area contributed by atoms with Crippen LogP contribution in [0.1, 0.15) is 18.4 Å². The first-order chi connectivity index (χ1) is 9.28. The lowest BCUT2D eigenvalue weighted by Crippen LogP contribution is -2.05. The highest BCUT2D eigenvalue weighted by Gasteiger charge is 2.03. The maximum atomic E-state index is 11.8. The van der Waals surface area contributed by atoms with Crippen LogP contribution in [0.5, 0.6) is 5.75 Å². The lowest BCUT2D eigenvalue weighted by Gasteiger charge is -2.04. The lowest BCUT2D eigenvalue weighted by atomic mass is 10.1. The third-order valence-corrected chi connectivity index (χ3v) is 3.06. The Morgan fingerprint density at radius 1 is 1.26 bits per heavy atom. The molecule has 1 aromatic carbocycles. The van der Waals surface area contributed by atoms with E-state index in [1.54, 1.807) is 19.6 Å². The normalized spacial score (nSPS) is 10.4. The number of ether oxygens (including phenoxy) is 1. The summed E-state index contributed by atoms with van der Waals surface area (Å²) in [7, 11) is 1.65. The highest BCUT2D eigenvalue weighted by molar-refractivity contribution is 5.78. The molecule has 0 bridgehead atoms. The highest BCUT2D eigenvalue weighted by atomic mass is 16.5. The highest BCUT2D eigenvalue weighted by Crippen LogP contribution is 2.13. The van der Waals surface area contributed by atoms with Crippen LogP contribution < -0.4 is 4.74 Å². The van der Waals surface area contributed by atoms with Crippen molar-refractivity contribution < 1.29 is 9.53 Å². The molecule has 0 saturated carbocycles. The quantitative estimate of drug-likeness (QED) is 0.766. The minimum absolute atomic E-state index is 0.282. The molecule has 0 aliphatic carbocycles. The largest absolute Gasteiger partial charge is 0.497 e. The predicted octanol–water partition coefficient (Wildman–Crippen LogP) is 2.48. The van der Waals surface area contributed by atoms with E-state index in [0.29, 0.717) is 19.4 Å². The number of benzene rings is 1. The summed E-state index contributed by atoms with van der Waals surface area (Å²) in [6.45, 7) is 0.710. The number of Topliss-reactive ketones (excluding diaryl/α,β-unsaturated/α-hetero) is 1. The van der Waals surface area contributed by atoms with Gasteiger partial charge in [0.2, 0.25) is 0 Å². The van der Waals surface area contributed by atoms with Crippen molar-refractivity contribution in [2.24, 2.45) is 0 Å². The molecule has 0 aliphatic heterocycles. The molecular formula is C15H18N2O2. The number of nitrogens with zero attached hydrogens (tertiary/aromatic N) is 2. The Labute approximate surface area is 113 Å². The summed E-state index contributed by atoms with van der Waals surface area (Å²) in [6.07, 6.45) is 7.26. The van der Waals surface area contributed by atoms with Gasteiger partial charge in [0, 0.05) is 31.8 Å². The molecule has 1 aromatic heterocycles. The van der Waals surface area contributed by atoms with E-state index in [1.165, 1.54) is 0 Å². The number of carbonyl (C=O) groups is 1. The van der Waals surface area contributed by atoms with Gasteiger partial charge in [-0.2, -0.15) is 0 Å². The van der Waals surface area contributed by atoms with Crippen molar-refractivity contribution in [2.45, 2.75) is 25.8 Å². The summed E-state index contributed by atoms with van der Waals surface area (Å²) in [6, 6.07) is 7.85. The number of methoxy groups -OCH3 is 1. The zero-order chi connectivity index (χ0) is 13.5. The Kier molecular flexibility index (Phi) is 4.72. The van der Waals surface area contributed by atoms with Crippen LogP contribution in [-0.2, 0) is 17.8 Å². The minimum atomic E-state index is 0.282. The fourth-order valence-corrected chi connectivity index (χ4v) is 1.87. The molecule has 4 heteroatoms. The van der Waals surface area contributed by atoms with Crippen molar-refractivity contribution >= 4 is 5.78 Å². The molecule has 0 N–H and O–H groups in total. The van der Waals surface area contributed by atoms with Gasteiger partial charge < -0.3 is 9.30 Å². The second-order valence-electron chi connectivity index (χ2n) is 4.44. The van der Waals surface area contributed by atoms with Crippen molar-refractivity contribution in [1.82, 2.24) is 9.55 Å². The van der Waals surface area contributed by atoms with Gasteiger partial charge in [0.05, 0.1) is 13.4 Å². The van der Waals surface area contributed by atoms with Gasteiger partial charge in [0.25, 0.3) is 0 Å². The second kappa shape index (κ2) is 6.73. The zero-order valence-electron chi connectivity index (χ0n) is 11.1. The number of aromatic nitrogens is 2. The van der Waals surface area contributed by atoms with Gasteiger partial charge >= 0.3 is 0 Å². The van der Waals surface area contributed by atoms with Crippen LogP contribution in [0.25, 0.3) is 0 Å². The molecule has 2 rings (SSSR count). The summed E-state index contributed by atoms with van der Waals surface area (Å²) < 4.78 is 7.02. The topological polar surface area (TPSA) is 44.1 Å². The van der Waals surface area contributed by atoms with Gasteiger partial charge in [-0.05, 0) is 24.1 Å². The third-order valence-electron chi connectivity index (χ3n) is 3.06. The molecule has 1 heterocycles. The van der Waals surface area contributed by atoms with Crippen LogP contribution in [-0.4, -0.2) is 22.4 Å². The maximum Gasteiger partial charge on any atom is 0.135 e. The van der Waals surface area contributed by atoms with Crippen LogP contribution in [0.15, 0.2) is 43.0 Å². The molecule has 0 unspecified atom stereocenters. The maximum absolute atomic E-state index is 11.8. The van der Waals surface area contributed by atoms with Gasteiger partial charge in [-0.3, -0.25) is 4.79 Å². The van der Waals surface area contributed by atoms with E-state index in [0.717, 1.165) is 17.7 Å². The molecule has 100 valence electrons. The van der Waals surface area contributed by atoms with Gasteiger partial charge in [0.15, 0.2) is 0 Å². The molecule has 0 atom stereocenters. The summed E-state index contributed by atoms with van der Waals surface area (Å²) in [5.41, 5.74) is 1.16. The van der Waals surface area contributed by atoms with E-state index < -0.39 is 0 Å². The van der Waals surface area contributed by atoms with E-state index >= 15 is 0 Å². The Hall–Kier alpha value is -2.10. The predicted molar refractivity (Wildman–Crippen MR) is 73.2 cm³/mol. The first-order valence-electron chi connectivity index (χ1n) is 6.38. The number of aryl methyl sites for hydroxylation is 2. The number of carbonyl (C=O) groups excluding carboxylic acids is 1. The summed E-state index contributed by atoms with van der Waals surface area (Å²) in [5, 5.41) is 0. The second-order valence-corrected chi connectivity index (χ2v) is 4.44. The van der Waals surface area contributed by atoms with E-state index in [-0.39, 0.29) is 5.78 Å². The van der Waals surface area contributed by atoms with Crippen LogP contribution in [0.4, 0.5) is 0 Å². The molecule has 2 aromatic rings. The lowest BCUT2D eigenvalue weighted by molar-refractivity contribution is -0.119. The smallest absolute Gasteiger partial charge is 0.135 e. The van der Waals surface area contributed by atoms with E-state index in [9.17, 15) is 4.79 Å². The van der Waals surface area contributed by atoms with Gasteiger partial charge in [0.1, 0.15) is 11.5 Å². The van der Waals surface area contributed by atoms with Crippen LogP contribution in [0.3, 0.4) is 0 Å². The van der Waals surface area contributed by atoms with Gasteiger partial charge in [-0.25, -0.2) is 4.98 Å². The summed E-state index contributed by atoms with van der Waals surface area (Å²) >= 11 is 0. The first-order valence-corrected chi connectivity index (χ1v) is 6.38. The Bertz CT molecular complexity index is 503. The average Bonchev–Trinajstić information content (AvgIpc) is 2.96. The molecular weight excluding hydrogens is 240 g/mol. The molecule has 19 heavy (non-hydrogen) atoms. The van der Waals surface area contributed by atoms with Crippen molar-refractivity contribution in [3.8, 4) is 5.75 Å². The van der Waals surface area contributed by atoms with Crippen LogP contribution >= 0.6 is 0 Å². The molecule has 0 amide bonds. The summed E-state index contributed by atoms with van der Waals surface area (Å²) in [4.78, 5) is 15.7. The van der Waals surface area contributed by atoms with Crippen LogP contribution in [0, 0.1) is 0 Å². The fourth-order valence-electron chi connectivity index (χ4n) is 1.87. The first kappa shape index (κ1) is 13.3. The molecule has 0 saturated heterocycles. The van der Waals surface area contributed by atoms with E-state index in [2.05, 4.69) is 4.98 Å². The number of imidazole rings is 1. The minimum Gasteiger partial charge on any atom is -0.497 e. The molecule has 0 spiro atoms. The Morgan fingerprint density at radius 3 is 2.68 bits per heavy atom. The summed E-state index contributed by atoms with van der Waals surface area (Å²) in [5.74, 6) is 1.12. The number of hydrogen-bond acceptors (Lipinski definition) is 3. The monoisotopic (exact) mass is 258 g/mol. The molecule has 0 aliphatic rings. The standard InChI is InChI=1S/C15H18N2O2/c1-19-15-6-3-13(4-7-15)2-5-14(18)8-10-17-11-9-16-12-17/h3-4,6-7,9,11-12H,2,5,8,10H2,1H3. The van der Waals surface area contributed by atoms with E-state index in [4.69, 9.17) is 4.74 Å². The number of ketones is 1. The molecule has 0 radical (unpaired) electrons. The van der Waals surface area contributed by atoms with Crippen molar-refractivity contribution in [3.05, 3.63) is 48.5 Å². The number of rotatable bonds is 7.